The first-order valence-corrected chi connectivity index (χ1v) is 5.64. The molecule has 0 spiro atoms. The number of carboxylic acids is 1. The van der Waals surface area contributed by atoms with E-state index in [0.29, 0.717) is 17.2 Å². The van der Waals surface area contributed by atoms with Crippen LogP contribution >= 0.6 is 0 Å². The van der Waals surface area contributed by atoms with Crippen LogP contribution in [-0.4, -0.2) is 28.0 Å². The molecule has 6 heteroatoms. The van der Waals surface area contributed by atoms with E-state index in [1.165, 1.54) is 10.7 Å². The lowest BCUT2D eigenvalue weighted by molar-refractivity contribution is 0.0685. The Morgan fingerprint density at radius 3 is 2.63 bits per heavy atom. The number of carboxylic acid groups (broad SMARTS) is 1. The lowest BCUT2D eigenvalue weighted by Gasteiger charge is -2.08. The summed E-state index contributed by atoms with van der Waals surface area (Å²) in [5.41, 5.74) is 0.671. The number of hydrogen-bond acceptors (Lipinski definition) is 4. The molecule has 0 saturated carbocycles. The van der Waals surface area contributed by atoms with Crippen molar-refractivity contribution in [2.24, 2.45) is 7.05 Å². The molecule has 0 fully saturated rings. The molecule has 1 heterocycles. The van der Waals surface area contributed by atoms with E-state index >= 15 is 0 Å². The zero-order valence-electron chi connectivity index (χ0n) is 10.7. The SMILES string of the molecule is COc1ccccc1OCc1cc(C(=O)O)n(C)n1. The van der Waals surface area contributed by atoms with Gasteiger partial charge in [0.25, 0.3) is 0 Å². The van der Waals surface area contributed by atoms with Gasteiger partial charge in [-0.1, -0.05) is 12.1 Å². The van der Waals surface area contributed by atoms with E-state index in [1.807, 2.05) is 12.1 Å². The largest absolute Gasteiger partial charge is 0.493 e. The zero-order chi connectivity index (χ0) is 13.8. The fraction of sp³-hybridized carbons (Fsp3) is 0.231. The second-order valence-electron chi connectivity index (χ2n) is 3.89. The highest BCUT2D eigenvalue weighted by atomic mass is 16.5. The quantitative estimate of drug-likeness (QED) is 0.887. The highest BCUT2D eigenvalue weighted by Gasteiger charge is 2.12. The number of para-hydroxylation sites is 2. The number of benzene rings is 1. The van der Waals surface area contributed by atoms with Crippen LogP contribution in [0.1, 0.15) is 16.2 Å². The third-order valence-electron chi connectivity index (χ3n) is 2.59. The van der Waals surface area contributed by atoms with Crippen molar-refractivity contribution in [1.29, 1.82) is 0 Å². The molecule has 2 aromatic rings. The van der Waals surface area contributed by atoms with Gasteiger partial charge in [-0.3, -0.25) is 4.68 Å². The maximum atomic E-state index is 10.9. The van der Waals surface area contributed by atoms with Gasteiger partial charge in [-0.15, -0.1) is 0 Å². The fourth-order valence-electron chi connectivity index (χ4n) is 1.69. The second-order valence-corrected chi connectivity index (χ2v) is 3.89. The van der Waals surface area contributed by atoms with Gasteiger partial charge in [0.1, 0.15) is 18.0 Å². The molecule has 0 saturated heterocycles. The van der Waals surface area contributed by atoms with Crippen LogP contribution in [0.4, 0.5) is 0 Å². The van der Waals surface area contributed by atoms with Gasteiger partial charge in [0.15, 0.2) is 11.5 Å². The second kappa shape index (κ2) is 5.43. The van der Waals surface area contributed by atoms with Gasteiger partial charge in [0, 0.05) is 7.05 Å². The number of aryl methyl sites for hydroxylation is 1. The number of carbonyl (C=O) groups is 1. The first-order chi connectivity index (χ1) is 9.11. The summed E-state index contributed by atoms with van der Waals surface area (Å²) in [4.78, 5) is 10.9. The summed E-state index contributed by atoms with van der Waals surface area (Å²) < 4.78 is 12.0. The Labute approximate surface area is 110 Å². The van der Waals surface area contributed by atoms with Crippen LogP contribution in [-0.2, 0) is 13.7 Å². The molecule has 2 rings (SSSR count). The Balaban J connectivity index is 2.10. The average molecular weight is 262 g/mol. The molecule has 0 bridgehead atoms. The summed E-state index contributed by atoms with van der Waals surface area (Å²) >= 11 is 0. The molecule has 0 amide bonds. The molecule has 1 aromatic heterocycles. The van der Waals surface area contributed by atoms with Crippen molar-refractivity contribution in [3.8, 4) is 11.5 Å². The predicted octanol–water partition coefficient (Wildman–Crippen LogP) is 1.71. The Morgan fingerprint density at radius 2 is 2.05 bits per heavy atom. The van der Waals surface area contributed by atoms with Crippen molar-refractivity contribution in [2.45, 2.75) is 6.61 Å². The molecule has 0 atom stereocenters. The highest BCUT2D eigenvalue weighted by molar-refractivity contribution is 5.85. The number of nitrogens with zero attached hydrogens (tertiary/aromatic N) is 2. The van der Waals surface area contributed by atoms with E-state index in [4.69, 9.17) is 14.6 Å². The lowest BCUT2D eigenvalue weighted by atomic mass is 10.3. The van der Waals surface area contributed by atoms with Crippen molar-refractivity contribution < 1.29 is 19.4 Å². The van der Waals surface area contributed by atoms with Gasteiger partial charge in [-0.05, 0) is 18.2 Å². The Kier molecular flexibility index (Phi) is 3.70. The number of rotatable bonds is 5. The zero-order valence-corrected chi connectivity index (χ0v) is 10.7. The smallest absolute Gasteiger partial charge is 0.354 e. The fourth-order valence-corrected chi connectivity index (χ4v) is 1.69. The Hall–Kier alpha value is -2.50. The van der Waals surface area contributed by atoms with Crippen LogP contribution in [0, 0.1) is 0 Å². The van der Waals surface area contributed by atoms with Crippen molar-refractivity contribution in [2.75, 3.05) is 7.11 Å². The molecule has 1 aromatic carbocycles. The van der Waals surface area contributed by atoms with E-state index < -0.39 is 5.97 Å². The van der Waals surface area contributed by atoms with Crippen molar-refractivity contribution in [1.82, 2.24) is 9.78 Å². The van der Waals surface area contributed by atoms with Gasteiger partial charge >= 0.3 is 5.97 Å². The first-order valence-electron chi connectivity index (χ1n) is 5.64. The van der Waals surface area contributed by atoms with E-state index in [1.54, 1.807) is 26.3 Å². The van der Waals surface area contributed by atoms with E-state index in [-0.39, 0.29) is 12.3 Å². The van der Waals surface area contributed by atoms with Crippen LogP contribution in [0.25, 0.3) is 0 Å². The lowest BCUT2D eigenvalue weighted by Crippen LogP contribution is -2.05. The molecule has 0 radical (unpaired) electrons. The molecular weight excluding hydrogens is 248 g/mol. The van der Waals surface area contributed by atoms with Crippen LogP contribution in [0.3, 0.4) is 0 Å². The molecule has 0 aliphatic rings. The van der Waals surface area contributed by atoms with Gasteiger partial charge in [-0.25, -0.2) is 4.79 Å². The minimum atomic E-state index is -1.02. The summed E-state index contributed by atoms with van der Waals surface area (Å²) in [5, 5.41) is 13.0. The topological polar surface area (TPSA) is 73.6 Å². The summed E-state index contributed by atoms with van der Waals surface area (Å²) in [6, 6.07) is 8.72. The van der Waals surface area contributed by atoms with Crippen LogP contribution in [0.2, 0.25) is 0 Å². The van der Waals surface area contributed by atoms with Crippen molar-refractivity contribution in [3.63, 3.8) is 0 Å². The normalized spacial score (nSPS) is 10.2. The Morgan fingerprint density at radius 1 is 1.37 bits per heavy atom. The maximum absolute atomic E-state index is 10.9. The van der Waals surface area contributed by atoms with Gasteiger partial charge in [0.05, 0.1) is 7.11 Å². The highest BCUT2D eigenvalue weighted by Crippen LogP contribution is 2.26. The minimum absolute atomic E-state index is 0.124. The first kappa shape index (κ1) is 12.9. The number of ether oxygens (including phenoxy) is 2. The van der Waals surface area contributed by atoms with Crippen LogP contribution < -0.4 is 9.47 Å². The summed E-state index contributed by atoms with van der Waals surface area (Å²) in [6.45, 7) is 0.182. The molecule has 19 heavy (non-hydrogen) atoms. The van der Waals surface area contributed by atoms with Gasteiger partial charge in [0.2, 0.25) is 0 Å². The summed E-state index contributed by atoms with van der Waals surface area (Å²) in [6.07, 6.45) is 0. The van der Waals surface area contributed by atoms with Crippen LogP contribution in [0.5, 0.6) is 11.5 Å². The molecular formula is C13H14N2O4. The Bertz CT molecular complexity index is 592. The summed E-state index contributed by atoms with van der Waals surface area (Å²) in [5.74, 6) is 0.197. The molecule has 0 unspecified atom stereocenters. The third-order valence-corrected chi connectivity index (χ3v) is 2.59. The van der Waals surface area contributed by atoms with Crippen LogP contribution in [0.15, 0.2) is 30.3 Å². The van der Waals surface area contributed by atoms with Crippen molar-refractivity contribution in [3.05, 3.63) is 41.7 Å². The monoisotopic (exact) mass is 262 g/mol. The number of methoxy groups -OCH3 is 1. The standard InChI is InChI=1S/C13H14N2O4/c1-15-10(13(16)17)7-9(14-15)8-19-12-6-4-3-5-11(12)18-2/h3-7H,8H2,1-2H3,(H,16,17). The average Bonchev–Trinajstić information content (AvgIpc) is 2.78. The van der Waals surface area contributed by atoms with E-state index in [0.717, 1.165) is 0 Å². The number of aromatic carboxylic acids is 1. The third kappa shape index (κ3) is 2.85. The van der Waals surface area contributed by atoms with E-state index in [9.17, 15) is 4.79 Å². The summed E-state index contributed by atoms with van der Waals surface area (Å²) in [7, 11) is 3.14. The molecule has 0 aliphatic carbocycles. The predicted molar refractivity (Wildman–Crippen MR) is 67.5 cm³/mol. The number of hydrogen-bond donors (Lipinski definition) is 1. The van der Waals surface area contributed by atoms with E-state index in [2.05, 4.69) is 5.10 Å². The number of aromatic nitrogens is 2. The van der Waals surface area contributed by atoms with Gasteiger partial charge in [-0.2, -0.15) is 5.10 Å². The van der Waals surface area contributed by atoms with Gasteiger partial charge < -0.3 is 14.6 Å². The van der Waals surface area contributed by atoms with Crippen molar-refractivity contribution >= 4 is 5.97 Å². The molecule has 0 aliphatic heterocycles. The maximum Gasteiger partial charge on any atom is 0.354 e. The molecule has 1 N–H and O–H groups in total. The molecule has 100 valence electrons. The minimum Gasteiger partial charge on any atom is -0.493 e. The molecule has 6 nitrogen and oxygen atoms in total.